The summed E-state index contributed by atoms with van der Waals surface area (Å²) in [6, 6.07) is 20.5. The van der Waals surface area contributed by atoms with Crippen LogP contribution in [0.15, 0.2) is 66.7 Å². The minimum atomic E-state index is -0.186. The van der Waals surface area contributed by atoms with Gasteiger partial charge in [-0.2, -0.15) is 0 Å². The van der Waals surface area contributed by atoms with Gasteiger partial charge in [-0.3, -0.25) is 14.4 Å². The van der Waals surface area contributed by atoms with E-state index in [1.54, 1.807) is 38.1 Å². The number of nitrogens with zero attached hydrogens (tertiary/aromatic N) is 3. The van der Waals surface area contributed by atoms with E-state index in [0.29, 0.717) is 16.2 Å². The molecule has 4 rings (SSSR count). The smallest absolute Gasteiger partial charge is 0.268 e. The average molecular weight is 462 g/mol. The monoisotopic (exact) mass is 461 g/mol. The lowest BCUT2D eigenvalue weighted by Crippen LogP contribution is -2.47. The molecule has 33 heavy (non-hydrogen) atoms. The van der Waals surface area contributed by atoms with Crippen LogP contribution in [0.25, 0.3) is 0 Å². The first-order valence-corrected chi connectivity index (χ1v) is 11.7. The lowest BCUT2D eigenvalue weighted by atomic mass is 9.89. The van der Waals surface area contributed by atoms with Gasteiger partial charge in [0.05, 0.1) is 15.8 Å². The van der Waals surface area contributed by atoms with Crippen molar-refractivity contribution >= 4 is 40.4 Å². The van der Waals surface area contributed by atoms with Crippen LogP contribution in [0.3, 0.4) is 0 Å². The maximum Gasteiger partial charge on any atom is 0.268 e. The summed E-state index contributed by atoms with van der Waals surface area (Å²) in [4.78, 5) is 44.8. The summed E-state index contributed by atoms with van der Waals surface area (Å²) in [5.41, 5.74) is 2.56. The third-order valence-corrected chi connectivity index (χ3v) is 6.96. The maximum absolute atomic E-state index is 13.6. The van der Waals surface area contributed by atoms with E-state index in [4.69, 9.17) is 0 Å². The summed E-state index contributed by atoms with van der Waals surface area (Å²) in [5, 5.41) is 0. The molecule has 0 radical (unpaired) electrons. The molecule has 0 spiro atoms. The van der Waals surface area contributed by atoms with Gasteiger partial charge in [0.25, 0.3) is 11.8 Å². The number of carbonyl (C=O) groups excluding carboxylic acids is 3. The molecule has 7 heteroatoms. The summed E-state index contributed by atoms with van der Waals surface area (Å²) >= 11 is 1.21. The van der Waals surface area contributed by atoms with Gasteiger partial charge in [0.2, 0.25) is 5.91 Å². The highest BCUT2D eigenvalue weighted by atomic mass is 32.1. The van der Waals surface area contributed by atoms with Crippen molar-refractivity contribution in [2.75, 3.05) is 23.9 Å². The molecule has 2 atom stereocenters. The molecule has 0 saturated heterocycles. The molecule has 170 valence electrons. The molecule has 1 aliphatic rings. The molecule has 3 amide bonds. The first-order valence-electron chi connectivity index (χ1n) is 10.9. The normalized spacial score (nSPS) is 17.3. The Bertz CT molecular complexity index is 1190. The molecule has 2 heterocycles. The molecule has 6 nitrogen and oxygen atoms in total. The Kier molecular flexibility index (Phi) is 6.33. The SMILES string of the molecule is CC(=O)N(c1ccccc1)C1CC(C)N(C(=O)c2ccc(C(=O)N(C)C)s2)c2ccccc21. The van der Waals surface area contributed by atoms with Gasteiger partial charge < -0.3 is 14.7 Å². The van der Waals surface area contributed by atoms with E-state index in [1.807, 2.05) is 66.4 Å². The highest BCUT2D eigenvalue weighted by Crippen LogP contribution is 2.43. The minimum Gasteiger partial charge on any atom is -0.344 e. The Hall–Kier alpha value is -3.45. The van der Waals surface area contributed by atoms with Crippen molar-refractivity contribution in [1.29, 1.82) is 0 Å². The van der Waals surface area contributed by atoms with Gasteiger partial charge >= 0.3 is 0 Å². The number of rotatable bonds is 4. The van der Waals surface area contributed by atoms with E-state index in [1.165, 1.54) is 16.2 Å². The first kappa shape index (κ1) is 22.7. The van der Waals surface area contributed by atoms with Gasteiger partial charge in [0, 0.05) is 38.4 Å². The minimum absolute atomic E-state index is 0.0434. The van der Waals surface area contributed by atoms with E-state index >= 15 is 0 Å². The van der Waals surface area contributed by atoms with Crippen LogP contribution in [0, 0.1) is 0 Å². The molecule has 1 aliphatic heterocycles. The Morgan fingerprint density at radius 1 is 0.909 bits per heavy atom. The van der Waals surface area contributed by atoms with Crippen LogP contribution in [0.1, 0.15) is 51.2 Å². The van der Waals surface area contributed by atoms with Gasteiger partial charge in [-0.1, -0.05) is 36.4 Å². The largest absolute Gasteiger partial charge is 0.344 e. The van der Waals surface area contributed by atoms with Crippen LogP contribution in [-0.4, -0.2) is 42.8 Å². The van der Waals surface area contributed by atoms with Crippen LogP contribution in [-0.2, 0) is 4.79 Å². The third kappa shape index (κ3) is 4.28. The second-order valence-electron chi connectivity index (χ2n) is 8.42. The van der Waals surface area contributed by atoms with Crippen LogP contribution >= 0.6 is 11.3 Å². The van der Waals surface area contributed by atoms with Crippen LogP contribution < -0.4 is 9.80 Å². The van der Waals surface area contributed by atoms with E-state index in [0.717, 1.165) is 16.9 Å². The Morgan fingerprint density at radius 3 is 2.21 bits per heavy atom. The number of thiophene rings is 1. The molecule has 0 aliphatic carbocycles. The quantitative estimate of drug-likeness (QED) is 0.550. The predicted octanol–water partition coefficient (Wildman–Crippen LogP) is 4.98. The lowest BCUT2D eigenvalue weighted by molar-refractivity contribution is -0.117. The third-order valence-electron chi connectivity index (χ3n) is 5.90. The molecule has 3 aromatic rings. The van der Waals surface area contributed by atoms with E-state index in [-0.39, 0.29) is 29.8 Å². The number of benzene rings is 2. The van der Waals surface area contributed by atoms with Crippen LogP contribution in [0.4, 0.5) is 11.4 Å². The number of hydrogen-bond donors (Lipinski definition) is 0. The zero-order valence-corrected chi connectivity index (χ0v) is 20.0. The number of anilines is 2. The maximum atomic E-state index is 13.6. The summed E-state index contributed by atoms with van der Waals surface area (Å²) in [7, 11) is 3.39. The van der Waals surface area contributed by atoms with Gasteiger partial charge in [0.1, 0.15) is 0 Å². The summed E-state index contributed by atoms with van der Waals surface area (Å²) in [5.74, 6) is -0.297. The van der Waals surface area contributed by atoms with Crippen molar-refractivity contribution in [3.63, 3.8) is 0 Å². The number of para-hydroxylation sites is 2. The van der Waals surface area contributed by atoms with Gasteiger partial charge in [0.15, 0.2) is 0 Å². The lowest BCUT2D eigenvalue weighted by Gasteiger charge is -2.43. The number of fused-ring (bicyclic) bond motifs is 1. The van der Waals surface area contributed by atoms with Crippen molar-refractivity contribution in [3.8, 4) is 0 Å². The average Bonchev–Trinajstić information content (AvgIpc) is 3.29. The van der Waals surface area contributed by atoms with Gasteiger partial charge in [-0.05, 0) is 49.2 Å². The Balaban J connectivity index is 1.73. The summed E-state index contributed by atoms with van der Waals surface area (Å²) in [6.45, 7) is 3.58. The standard InChI is InChI=1S/C26H27N3O3S/c1-17-16-22(29(18(2)30)19-10-6-5-7-11-19)20-12-8-9-13-21(20)28(17)26(32)24-15-14-23(33-24)25(31)27(3)4/h5-15,17,22H,16H2,1-4H3. The van der Waals surface area contributed by atoms with Gasteiger partial charge in [-0.15, -0.1) is 11.3 Å². The first-order chi connectivity index (χ1) is 15.8. The predicted molar refractivity (Wildman–Crippen MR) is 132 cm³/mol. The molecule has 2 unspecified atom stereocenters. The second kappa shape index (κ2) is 9.19. The van der Waals surface area contributed by atoms with E-state index in [9.17, 15) is 14.4 Å². The number of amides is 3. The van der Waals surface area contributed by atoms with Crippen molar-refractivity contribution in [2.24, 2.45) is 0 Å². The Morgan fingerprint density at radius 2 is 1.55 bits per heavy atom. The molecule has 1 aromatic heterocycles. The van der Waals surface area contributed by atoms with E-state index in [2.05, 4.69) is 0 Å². The molecule has 2 aromatic carbocycles. The fraction of sp³-hybridized carbons (Fsp3) is 0.269. The molecule has 0 N–H and O–H groups in total. The molecule has 0 saturated carbocycles. The van der Waals surface area contributed by atoms with E-state index < -0.39 is 0 Å². The van der Waals surface area contributed by atoms with Crippen LogP contribution in [0.5, 0.6) is 0 Å². The number of hydrogen-bond acceptors (Lipinski definition) is 4. The molecule has 0 fully saturated rings. The van der Waals surface area contributed by atoms with Crippen LogP contribution in [0.2, 0.25) is 0 Å². The molecular weight excluding hydrogens is 434 g/mol. The fourth-order valence-electron chi connectivity index (χ4n) is 4.41. The van der Waals surface area contributed by atoms with Crippen molar-refractivity contribution < 1.29 is 14.4 Å². The highest BCUT2D eigenvalue weighted by molar-refractivity contribution is 7.16. The fourth-order valence-corrected chi connectivity index (χ4v) is 5.38. The zero-order valence-electron chi connectivity index (χ0n) is 19.2. The molecular formula is C26H27N3O3S. The highest BCUT2D eigenvalue weighted by Gasteiger charge is 2.38. The van der Waals surface area contributed by atoms with Crippen molar-refractivity contribution in [2.45, 2.75) is 32.4 Å². The Labute approximate surface area is 198 Å². The number of carbonyl (C=O) groups is 3. The van der Waals surface area contributed by atoms with Crippen molar-refractivity contribution in [1.82, 2.24) is 4.90 Å². The second-order valence-corrected chi connectivity index (χ2v) is 9.51. The zero-order chi connectivity index (χ0) is 23.7. The molecule has 0 bridgehead atoms. The van der Waals surface area contributed by atoms with Crippen molar-refractivity contribution in [3.05, 3.63) is 82.0 Å². The summed E-state index contributed by atoms with van der Waals surface area (Å²) in [6.07, 6.45) is 0.603. The topological polar surface area (TPSA) is 60.9 Å². The van der Waals surface area contributed by atoms with Gasteiger partial charge in [-0.25, -0.2) is 0 Å². The summed E-state index contributed by atoms with van der Waals surface area (Å²) < 4.78 is 0.